The van der Waals surface area contributed by atoms with Crippen molar-refractivity contribution in [1.29, 1.82) is 0 Å². The van der Waals surface area contributed by atoms with Crippen LogP contribution in [0.3, 0.4) is 0 Å². The lowest BCUT2D eigenvalue weighted by atomic mass is 10.1. The summed E-state index contributed by atoms with van der Waals surface area (Å²) in [5, 5.41) is 3.17. The topological polar surface area (TPSA) is 64.3 Å². The zero-order valence-corrected chi connectivity index (χ0v) is 12.7. The number of nitrogen functional groups attached to an aromatic ring is 1. The van der Waals surface area contributed by atoms with Crippen molar-refractivity contribution in [2.75, 3.05) is 17.7 Å². The number of hydrogen-bond donors (Lipinski definition) is 2. The molecule has 0 bridgehead atoms. The highest BCUT2D eigenvalue weighted by Crippen LogP contribution is 2.22. The Morgan fingerprint density at radius 3 is 2.67 bits per heavy atom. The lowest BCUT2D eigenvalue weighted by molar-refractivity contribution is -0.118. The van der Waals surface area contributed by atoms with Crippen molar-refractivity contribution in [3.05, 3.63) is 52.5 Å². The SMILES string of the molecule is Cc1ccc(OCC(=O)Nc2ccc(Cl)c(N)c2)c(C)c1. The first-order valence-electron chi connectivity index (χ1n) is 6.50. The number of nitrogens with two attached hydrogens (primary N) is 1. The molecule has 0 aliphatic heterocycles. The summed E-state index contributed by atoms with van der Waals surface area (Å²) in [7, 11) is 0. The molecule has 0 atom stereocenters. The van der Waals surface area contributed by atoms with Gasteiger partial charge in [-0.25, -0.2) is 0 Å². The second kappa shape index (κ2) is 6.50. The molecular formula is C16H17ClN2O2. The van der Waals surface area contributed by atoms with Crippen molar-refractivity contribution < 1.29 is 9.53 Å². The molecule has 0 heterocycles. The lowest BCUT2D eigenvalue weighted by Crippen LogP contribution is -2.20. The molecule has 0 saturated carbocycles. The number of amides is 1. The van der Waals surface area contributed by atoms with E-state index in [9.17, 15) is 4.79 Å². The monoisotopic (exact) mass is 304 g/mol. The summed E-state index contributed by atoms with van der Waals surface area (Å²) < 4.78 is 5.51. The van der Waals surface area contributed by atoms with Crippen LogP contribution in [0.15, 0.2) is 36.4 Å². The average molecular weight is 305 g/mol. The first-order chi connectivity index (χ1) is 9.95. The third-order valence-corrected chi connectivity index (χ3v) is 3.31. The van der Waals surface area contributed by atoms with E-state index >= 15 is 0 Å². The standard InChI is InChI=1S/C16H17ClN2O2/c1-10-3-6-15(11(2)7-10)21-9-16(20)19-12-4-5-13(17)14(18)8-12/h3-8H,9,18H2,1-2H3,(H,19,20). The molecule has 0 aromatic heterocycles. The van der Waals surface area contributed by atoms with Crippen molar-refractivity contribution in [2.24, 2.45) is 0 Å². The van der Waals surface area contributed by atoms with Crippen LogP contribution in [-0.2, 0) is 4.79 Å². The quantitative estimate of drug-likeness (QED) is 0.849. The number of nitrogens with one attached hydrogen (secondary N) is 1. The number of ether oxygens (including phenoxy) is 1. The Balaban J connectivity index is 1.94. The Morgan fingerprint density at radius 2 is 2.00 bits per heavy atom. The van der Waals surface area contributed by atoms with Crippen molar-refractivity contribution in [1.82, 2.24) is 0 Å². The molecule has 110 valence electrons. The van der Waals surface area contributed by atoms with Gasteiger partial charge in [0.2, 0.25) is 0 Å². The highest BCUT2D eigenvalue weighted by molar-refractivity contribution is 6.33. The van der Waals surface area contributed by atoms with Gasteiger partial charge in [-0.15, -0.1) is 0 Å². The minimum atomic E-state index is -0.253. The van der Waals surface area contributed by atoms with Gasteiger partial charge in [0.15, 0.2) is 6.61 Å². The fourth-order valence-electron chi connectivity index (χ4n) is 1.92. The Labute approximate surface area is 128 Å². The molecule has 5 heteroatoms. The number of rotatable bonds is 4. The maximum atomic E-state index is 11.9. The van der Waals surface area contributed by atoms with Gasteiger partial charge in [-0.05, 0) is 43.7 Å². The molecule has 4 nitrogen and oxygen atoms in total. The summed E-state index contributed by atoms with van der Waals surface area (Å²) in [6.07, 6.45) is 0. The Bertz CT molecular complexity index is 671. The van der Waals surface area contributed by atoms with Gasteiger partial charge in [-0.3, -0.25) is 4.79 Å². The minimum absolute atomic E-state index is 0.0631. The van der Waals surface area contributed by atoms with Gasteiger partial charge in [0.05, 0.1) is 10.7 Å². The number of anilines is 2. The van der Waals surface area contributed by atoms with Gasteiger partial charge in [-0.1, -0.05) is 29.3 Å². The molecule has 0 fully saturated rings. The van der Waals surface area contributed by atoms with Crippen LogP contribution in [0.1, 0.15) is 11.1 Å². The molecule has 2 rings (SSSR count). The van der Waals surface area contributed by atoms with Crippen LogP contribution in [0.5, 0.6) is 5.75 Å². The summed E-state index contributed by atoms with van der Waals surface area (Å²) in [5.41, 5.74) is 8.84. The molecule has 3 N–H and O–H groups in total. The Kier molecular flexibility index (Phi) is 4.70. The largest absolute Gasteiger partial charge is 0.483 e. The number of halogens is 1. The zero-order chi connectivity index (χ0) is 15.4. The van der Waals surface area contributed by atoms with E-state index in [1.54, 1.807) is 18.2 Å². The third-order valence-electron chi connectivity index (χ3n) is 2.97. The highest BCUT2D eigenvalue weighted by Gasteiger charge is 2.06. The summed E-state index contributed by atoms with van der Waals surface area (Å²) in [6.45, 7) is 3.89. The molecule has 0 spiro atoms. The van der Waals surface area contributed by atoms with Gasteiger partial charge in [-0.2, -0.15) is 0 Å². The molecule has 2 aromatic rings. The maximum absolute atomic E-state index is 11.9. The van der Waals surface area contributed by atoms with Crippen LogP contribution < -0.4 is 15.8 Å². The third kappa shape index (κ3) is 4.13. The highest BCUT2D eigenvalue weighted by atomic mass is 35.5. The van der Waals surface area contributed by atoms with Crippen LogP contribution in [0.4, 0.5) is 11.4 Å². The molecule has 0 unspecified atom stereocenters. The molecule has 0 aliphatic carbocycles. The van der Waals surface area contributed by atoms with Gasteiger partial charge in [0.1, 0.15) is 5.75 Å². The first kappa shape index (κ1) is 15.2. The van der Waals surface area contributed by atoms with Crippen molar-refractivity contribution in [2.45, 2.75) is 13.8 Å². The number of benzene rings is 2. The van der Waals surface area contributed by atoms with E-state index in [1.807, 2.05) is 32.0 Å². The van der Waals surface area contributed by atoms with Crippen molar-refractivity contribution in [3.63, 3.8) is 0 Å². The van der Waals surface area contributed by atoms with E-state index in [1.165, 1.54) is 0 Å². The Hall–Kier alpha value is -2.20. The summed E-state index contributed by atoms with van der Waals surface area (Å²) >= 11 is 5.83. The fourth-order valence-corrected chi connectivity index (χ4v) is 2.04. The number of hydrogen-bond acceptors (Lipinski definition) is 3. The minimum Gasteiger partial charge on any atom is -0.483 e. The van der Waals surface area contributed by atoms with E-state index in [2.05, 4.69) is 5.32 Å². The van der Waals surface area contributed by atoms with Crippen LogP contribution >= 0.6 is 11.6 Å². The number of carbonyl (C=O) groups excluding carboxylic acids is 1. The smallest absolute Gasteiger partial charge is 0.262 e. The van der Waals surface area contributed by atoms with Crippen LogP contribution in [0.2, 0.25) is 5.02 Å². The second-order valence-corrected chi connectivity index (χ2v) is 5.25. The number of aryl methyl sites for hydroxylation is 2. The van der Waals surface area contributed by atoms with Gasteiger partial charge < -0.3 is 15.8 Å². The van der Waals surface area contributed by atoms with Gasteiger partial charge in [0.25, 0.3) is 5.91 Å². The average Bonchev–Trinajstić information content (AvgIpc) is 2.42. The Morgan fingerprint density at radius 1 is 1.24 bits per heavy atom. The molecule has 1 amide bonds. The summed E-state index contributed by atoms with van der Waals surface area (Å²) in [5.74, 6) is 0.447. The zero-order valence-electron chi connectivity index (χ0n) is 11.9. The van der Waals surface area contributed by atoms with Crippen molar-refractivity contribution in [3.8, 4) is 5.75 Å². The van der Waals surface area contributed by atoms with Crippen molar-refractivity contribution >= 4 is 28.9 Å². The molecular weight excluding hydrogens is 288 g/mol. The van der Waals surface area contributed by atoms with E-state index in [4.69, 9.17) is 22.1 Å². The van der Waals surface area contributed by atoms with Crippen LogP contribution in [-0.4, -0.2) is 12.5 Å². The normalized spacial score (nSPS) is 10.2. The lowest BCUT2D eigenvalue weighted by Gasteiger charge is -2.10. The predicted octanol–water partition coefficient (Wildman–Crippen LogP) is 3.56. The van der Waals surface area contributed by atoms with E-state index in [0.717, 1.165) is 11.1 Å². The maximum Gasteiger partial charge on any atom is 0.262 e. The molecule has 0 aliphatic rings. The van der Waals surface area contributed by atoms with Gasteiger partial charge in [0, 0.05) is 5.69 Å². The predicted molar refractivity (Wildman–Crippen MR) is 85.9 cm³/mol. The molecule has 2 aromatic carbocycles. The molecule has 21 heavy (non-hydrogen) atoms. The van der Waals surface area contributed by atoms with Gasteiger partial charge >= 0.3 is 0 Å². The van der Waals surface area contributed by atoms with Crippen LogP contribution in [0.25, 0.3) is 0 Å². The molecule has 0 radical (unpaired) electrons. The molecule has 0 saturated heterocycles. The van der Waals surface area contributed by atoms with E-state index in [0.29, 0.717) is 22.1 Å². The fraction of sp³-hybridized carbons (Fsp3) is 0.188. The second-order valence-electron chi connectivity index (χ2n) is 4.84. The first-order valence-corrected chi connectivity index (χ1v) is 6.88. The summed E-state index contributed by atoms with van der Waals surface area (Å²) in [6, 6.07) is 10.7. The van der Waals surface area contributed by atoms with Crippen LogP contribution in [0, 0.1) is 13.8 Å². The van der Waals surface area contributed by atoms with E-state index < -0.39 is 0 Å². The number of carbonyl (C=O) groups is 1. The summed E-state index contributed by atoms with van der Waals surface area (Å²) in [4.78, 5) is 11.9. The van der Waals surface area contributed by atoms with E-state index in [-0.39, 0.29) is 12.5 Å².